The standard InChI is InChI=1S/C55H94O6/c1-4-7-10-13-16-19-22-24-26-27-29-31-34-37-40-43-46-49-55(58)61-52(50-59-53(56)47-44-41-38-35-32-21-18-15-12-9-6-3)51-60-54(57)48-45-42-39-36-33-30-28-25-23-20-17-14-11-8-5-2/h16-17,19-20,24-26,28-29,31,37,40,52H,4-15,18,21-23,27,30,32-36,38-39,41-51H2,1-3H3/b19-16-,20-17-,26-24-,28-25-,31-29-,40-37-/t52-/m0/s1. The maximum atomic E-state index is 12.8. The number of allylic oxidation sites excluding steroid dienone is 12. The van der Waals surface area contributed by atoms with Crippen LogP contribution in [0.2, 0.25) is 0 Å². The molecule has 0 spiro atoms. The lowest BCUT2D eigenvalue weighted by Crippen LogP contribution is -2.30. The topological polar surface area (TPSA) is 78.9 Å². The van der Waals surface area contributed by atoms with Crippen molar-refractivity contribution in [2.45, 2.75) is 245 Å². The predicted molar refractivity (Wildman–Crippen MR) is 261 cm³/mol. The fourth-order valence-electron chi connectivity index (χ4n) is 6.82. The molecular weight excluding hydrogens is 757 g/mol. The molecule has 0 aliphatic rings. The number of carbonyl (C=O) groups is 3. The third-order valence-corrected chi connectivity index (χ3v) is 10.7. The van der Waals surface area contributed by atoms with Crippen LogP contribution in [-0.2, 0) is 28.6 Å². The minimum atomic E-state index is -0.807. The second-order valence-corrected chi connectivity index (χ2v) is 16.7. The number of ether oxygens (including phenoxy) is 3. The SMILES string of the molecule is CCCCC/C=C\C/C=C\C/C=C\C/C=C\CCCC(=O)O[C@H](COC(=O)CCCCCCC/C=C\C/C=C\CCCCC)COC(=O)CCCCCCCCCCCCC. The van der Waals surface area contributed by atoms with Crippen molar-refractivity contribution < 1.29 is 28.6 Å². The van der Waals surface area contributed by atoms with Crippen LogP contribution >= 0.6 is 0 Å². The van der Waals surface area contributed by atoms with Gasteiger partial charge >= 0.3 is 17.9 Å². The van der Waals surface area contributed by atoms with Gasteiger partial charge in [-0.1, -0.05) is 203 Å². The first-order valence-electron chi connectivity index (χ1n) is 25.4. The van der Waals surface area contributed by atoms with Crippen molar-refractivity contribution in [2.75, 3.05) is 13.2 Å². The Kier molecular flexibility index (Phi) is 46.9. The zero-order valence-corrected chi connectivity index (χ0v) is 39.9. The quantitative estimate of drug-likeness (QED) is 0.0263. The van der Waals surface area contributed by atoms with Crippen molar-refractivity contribution >= 4 is 17.9 Å². The van der Waals surface area contributed by atoms with E-state index in [2.05, 4.69) is 93.7 Å². The van der Waals surface area contributed by atoms with Crippen LogP contribution in [0.4, 0.5) is 0 Å². The number of hydrogen-bond acceptors (Lipinski definition) is 6. The van der Waals surface area contributed by atoms with Crippen LogP contribution in [-0.4, -0.2) is 37.2 Å². The van der Waals surface area contributed by atoms with Crippen LogP contribution in [0, 0.1) is 0 Å². The summed E-state index contributed by atoms with van der Waals surface area (Å²) < 4.78 is 16.7. The zero-order chi connectivity index (χ0) is 44.4. The van der Waals surface area contributed by atoms with Crippen molar-refractivity contribution in [2.24, 2.45) is 0 Å². The molecular formula is C55H94O6. The highest BCUT2D eigenvalue weighted by atomic mass is 16.6. The molecule has 0 N–H and O–H groups in total. The van der Waals surface area contributed by atoms with Gasteiger partial charge in [0.15, 0.2) is 6.10 Å². The third kappa shape index (κ3) is 47.7. The monoisotopic (exact) mass is 851 g/mol. The molecule has 0 radical (unpaired) electrons. The molecule has 6 heteroatoms. The number of carbonyl (C=O) groups excluding carboxylic acids is 3. The first kappa shape index (κ1) is 57.9. The van der Waals surface area contributed by atoms with Gasteiger partial charge in [-0.3, -0.25) is 14.4 Å². The van der Waals surface area contributed by atoms with E-state index in [1.807, 2.05) is 0 Å². The largest absolute Gasteiger partial charge is 0.462 e. The summed E-state index contributed by atoms with van der Waals surface area (Å²) in [6, 6.07) is 0. The molecule has 0 amide bonds. The van der Waals surface area contributed by atoms with Crippen molar-refractivity contribution in [3.63, 3.8) is 0 Å². The smallest absolute Gasteiger partial charge is 0.306 e. The van der Waals surface area contributed by atoms with Crippen LogP contribution in [0.15, 0.2) is 72.9 Å². The molecule has 0 bridgehead atoms. The van der Waals surface area contributed by atoms with Crippen molar-refractivity contribution in [3.05, 3.63) is 72.9 Å². The van der Waals surface area contributed by atoms with Gasteiger partial charge in [0.1, 0.15) is 13.2 Å². The summed E-state index contributed by atoms with van der Waals surface area (Å²) in [5, 5.41) is 0. The molecule has 0 rings (SSSR count). The molecule has 350 valence electrons. The Bertz CT molecular complexity index is 1160. The van der Waals surface area contributed by atoms with E-state index >= 15 is 0 Å². The zero-order valence-electron chi connectivity index (χ0n) is 39.9. The molecule has 0 heterocycles. The van der Waals surface area contributed by atoms with Crippen LogP contribution in [0.5, 0.6) is 0 Å². The van der Waals surface area contributed by atoms with Crippen LogP contribution in [0.25, 0.3) is 0 Å². The number of unbranched alkanes of at least 4 members (excludes halogenated alkanes) is 22. The summed E-state index contributed by atoms with van der Waals surface area (Å²) in [7, 11) is 0. The molecule has 0 aromatic carbocycles. The van der Waals surface area contributed by atoms with E-state index in [9.17, 15) is 14.4 Å². The maximum absolute atomic E-state index is 12.8. The van der Waals surface area contributed by atoms with Crippen molar-refractivity contribution in [3.8, 4) is 0 Å². The van der Waals surface area contributed by atoms with E-state index in [1.54, 1.807) is 0 Å². The molecule has 0 aliphatic carbocycles. The van der Waals surface area contributed by atoms with Crippen LogP contribution in [0.3, 0.4) is 0 Å². The molecule has 0 saturated carbocycles. The molecule has 0 saturated heterocycles. The number of esters is 3. The lowest BCUT2D eigenvalue weighted by molar-refractivity contribution is -0.167. The Morgan fingerprint density at radius 1 is 0.328 bits per heavy atom. The molecule has 0 unspecified atom stereocenters. The summed E-state index contributed by atoms with van der Waals surface area (Å²) in [6.07, 6.45) is 61.7. The third-order valence-electron chi connectivity index (χ3n) is 10.7. The molecule has 6 nitrogen and oxygen atoms in total. The first-order chi connectivity index (χ1) is 30.0. The van der Waals surface area contributed by atoms with Gasteiger partial charge in [0.2, 0.25) is 0 Å². The maximum Gasteiger partial charge on any atom is 0.306 e. The highest BCUT2D eigenvalue weighted by Crippen LogP contribution is 2.14. The Labute approximate surface area is 376 Å². The molecule has 0 aliphatic heterocycles. The predicted octanol–water partition coefficient (Wildman–Crippen LogP) is 16.6. The van der Waals surface area contributed by atoms with Gasteiger partial charge in [-0.2, -0.15) is 0 Å². The first-order valence-corrected chi connectivity index (χ1v) is 25.4. The Hall–Kier alpha value is -3.15. The second-order valence-electron chi connectivity index (χ2n) is 16.7. The Morgan fingerprint density at radius 3 is 1.00 bits per heavy atom. The normalized spacial score (nSPS) is 12.6. The van der Waals surface area contributed by atoms with Crippen molar-refractivity contribution in [1.82, 2.24) is 0 Å². The highest BCUT2D eigenvalue weighted by Gasteiger charge is 2.19. The summed E-state index contributed by atoms with van der Waals surface area (Å²) in [4.78, 5) is 37.9. The van der Waals surface area contributed by atoms with E-state index in [-0.39, 0.29) is 37.5 Å². The lowest BCUT2D eigenvalue weighted by Gasteiger charge is -2.18. The summed E-state index contributed by atoms with van der Waals surface area (Å²) in [5.41, 5.74) is 0. The fourth-order valence-corrected chi connectivity index (χ4v) is 6.82. The summed E-state index contributed by atoms with van der Waals surface area (Å²) in [6.45, 7) is 6.51. The average Bonchev–Trinajstić information content (AvgIpc) is 3.26. The minimum Gasteiger partial charge on any atom is -0.462 e. The van der Waals surface area contributed by atoms with Gasteiger partial charge < -0.3 is 14.2 Å². The molecule has 1 atom stereocenters. The van der Waals surface area contributed by atoms with Crippen LogP contribution in [0.1, 0.15) is 239 Å². The van der Waals surface area contributed by atoms with Crippen molar-refractivity contribution in [1.29, 1.82) is 0 Å². The molecule has 0 aromatic rings. The summed E-state index contributed by atoms with van der Waals surface area (Å²) >= 11 is 0. The van der Waals surface area contributed by atoms with Gasteiger partial charge in [0.25, 0.3) is 0 Å². The second kappa shape index (κ2) is 49.5. The number of hydrogen-bond donors (Lipinski definition) is 0. The Morgan fingerprint density at radius 2 is 0.607 bits per heavy atom. The molecule has 0 fully saturated rings. The fraction of sp³-hybridized carbons (Fsp3) is 0.727. The van der Waals surface area contributed by atoms with Gasteiger partial charge in [0.05, 0.1) is 0 Å². The highest BCUT2D eigenvalue weighted by molar-refractivity contribution is 5.71. The van der Waals surface area contributed by atoms with E-state index in [0.717, 1.165) is 89.9 Å². The van der Waals surface area contributed by atoms with Gasteiger partial charge in [-0.25, -0.2) is 0 Å². The molecule has 61 heavy (non-hydrogen) atoms. The van der Waals surface area contributed by atoms with Gasteiger partial charge in [0, 0.05) is 19.3 Å². The minimum absolute atomic E-state index is 0.100. The lowest BCUT2D eigenvalue weighted by atomic mass is 10.1. The average molecular weight is 851 g/mol. The number of rotatable bonds is 45. The van der Waals surface area contributed by atoms with Gasteiger partial charge in [-0.05, 0) is 89.9 Å². The van der Waals surface area contributed by atoms with Crippen LogP contribution < -0.4 is 0 Å². The van der Waals surface area contributed by atoms with E-state index < -0.39 is 6.10 Å². The van der Waals surface area contributed by atoms with Gasteiger partial charge in [-0.15, -0.1) is 0 Å². The van der Waals surface area contributed by atoms with E-state index in [4.69, 9.17) is 14.2 Å². The van der Waals surface area contributed by atoms with E-state index in [0.29, 0.717) is 19.3 Å². The summed E-state index contributed by atoms with van der Waals surface area (Å²) in [5.74, 6) is -0.972. The van der Waals surface area contributed by atoms with E-state index in [1.165, 1.54) is 103 Å². The molecule has 0 aromatic heterocycles. The Balaban J connectivity index is 4.49.